The number of alkyl halides is 6. The summed E-state index contributed by atoms with van der Waals surface area (Å²) in [7, 11) is 0. The van der Waals surface area contributed by atoms with Gasteiger partial charge < -0.3 is 10.5 Å². The summed E-state index contributed by atoms with van der Waals surface area (Å²) >= 11 is 0. The minimum Gasteiger partial charge on any atom is -0.455 e. The highest BCUT2D eigenvalue weighted by Gasteiger charge is 2.37. The van der Waals surface area contributed by atoms with Crippen molar-refractivity contribution in [3.8, 4) is 28.0 Å². The molecule has 0 spiro atoms. The normalized spacial score (nSPS) is 11.8. The van der Waals surface area contributed by atoms with E-state index in [-0.39, 0.29) is 17.2 Å². The number of nitrogen functional groups attached to an aromatic ring is 1. The van der Waals surface area contributed by atoms with Gasteiger partial charge in [-0.05, 0) is 58.7 Å². The lowest BCUT2D eigenvalue weighted by atomic mass is 9.95. The number of hydrogen-bond donors (Lipinski definition) is 1. The lowest BCUT2D eigenvalue weighted by Crippen LogP contribution is -2.11. The number of nitrogens with two attached hydrogens (primary N) is 1. The van der Waals surface area contributed by atoms with E-state index in [1.165, 1.54) is 6.07 Å². The lowest BCUT2D eigenvalue weighted by molar-refractivity contribution is -0.143. The largest absolute Gasteiger partial charge is 0.455 e. The fourth-order valence-electron chi connectivity index (χ4n) is 3.61. The molecule has 2 nitrogen and oxygen atoms in total. The van der Waals surface area contributed by atoms with Crippen molar-refractivity contribution < 1.29 is 31.1 Å². The van der Waals surface area contributed by atoms with E-state index in [9.17, 15) is 26.3 Å². The quantitative estimate of drug-likeness (QED) is 0.169. The van der Waals surface area contributed by atoms with Gasteiger partial charge in [0.15, 0.2) is 0 Å². The van der Waals surface area contributed by atoms with Crippen LogP contribution in [0.3, 0.4) is 0 Å². The number of ether oxygens (including phenoxy) is 1. The molecule has 0 amide bonds. The highest BCUT2D eigenvalue weighted by molar-refractivity contribution is 5.75. The second kappa shape index (κ2) is 9.45. The maximum absolute atomic E-state index is 13.3. The molecule has 4 aromatic carbocycles. The molecule has 36 heavy (non-hydrogen) atoms. The third kappa shape index (κ3) is 5.54. The van der Waals surface area contributed by atoms with Crippen molar-refractivity contribution in [2.75, 3.05) is 5.73 Å². The van der Waals surface area contributed by atoms with Crippen molar-refractivity contribution in [3.63, 3.8) is 0 Å². The molecular formula is C28H19F6NO. The van der Waals surface area contributed by atoms with Crippen LogP contribution in [0.4, 0.5) is 32.0 Å². The molecule has 0 heterocycles. The van der Waals surface area contributed by atoms with Crippen LogP contribution in [-0.2, 0) is 12.4 Å². The van der Waals surface area contributed by atoms with E-state index >= 15 is 0 Å². The number of anilines is 1. The SMILES string of the molecule is C=C(Oc1ccccc1N)c1ccc(-c2cccc(-c3cc(C(F)(F)F)cc(C(F)(F)F)c3)c2)cc1. The molecule has 2 N–H and O–H groups in total. The fourth-order valence-corrected chi connectivity index (χ4v) is 3.61. The Balaban J connectivity index is 1.64. The van der Waals surface area contributed by atoms with E-state index in [0.29, 0.717) is 46.0 Å². The van der Waals surface area contributed by atoms with Gasteiger partial charge in [0, 0.05) is 5.56 Å². The second-order valence-corrected chi connectivity index (χ2v) is 8.02. The molecule has 0 aliphatic heterocycles. The monoisotopic (exact) mass is 499 g/mol. The maximum atomic E-state index is 13.3. The molecule has 0 radical (unpaired) electrons. The number of halogens is 6. The zero-order valence-corrected chi connectivity index (χ0v) is 18.6. The van der Waals surface area contributed by atoms with Crippen LogP contribution in [0.25, 0.3) is 28.0 Å². The summed E-state index contributed by atoms with van der Waals surface area (Å²) in [4.78, 5) is 0. The zero-order chi connectivity index (χ0) is 26.1. The van der Waals surface area contributed by atoms with E-state index < -0.39 is 23.5 Å². The van der Waals surface area contributed by atoms with Gasteiger partial charge in [0.2, 0.25) is 0 Å². The van der Waals surface area contributed by atoms with Crippen LogP contribution >= 0.6 is 0 Å². The van der Waals surface area contributed by atoms with Crippen molar-refractivity contribution in [1.82, 2.24) is 0 Å². The van der Waals surface area contributed by atoms with Gasteiger partial charge in [0.05, 0.1) is 16.8 Å². The van der Waals surface area contributed by atoms with E-state index in [1.54, 1.807) is 66.7 Å². The van der Waals surface area contributed by atoms with Crippen LogP contribution in [0.5, 0.6) is 5.75 Å². The summed E-state index contributed by atoms with van der Waals surface area (Å²) in [6.45, 7) is 3.91. The molecule has 0 saturated heterocycles. The fraction of sp³-hybridized carbons (Fsp3) is 0.0714. The Kier molecular flexibility index (Phi) is 6.54. The van der Waals surface area contributed by atoms with Gasteiger partial charge >= 0.3 is 12.4 Å². The van der Waals surface area contributed by atoms with Crippen LogP contribution < -0.4 is 10.5 Å². The third-order valence-corrected chi connectivity index (χ3v) is 5.48. The maximum Gasteiger partial charge on any atom is 0.416 e. The molecule has 0 atom stereocenters. The minimum atomic E-state index is -4.92. The summed E-state index contributed by atoms with van der Waals surface area (Å²) in [6.07, 6.45) is -9.84. The Morgan fingerprint density at radius 1 is 0.611 bits per heavy atom. The number of benzene rings is 4. The zero-order valence-electron chi connectivity index (χ0n) is 18.6. The summed E-state index contributed by atoms with van der Waals surface area (Å²) < 4.78 is 85.3. The molecule has 4 rings (SSSR count). The Labute approximate surface area is 203 Å². The first kappa shape index (κ1) is 24.9. The Morgan fingerprint density at radius 2 is 1.17 bits per heavy atom. The van der Waals surface area contributed by atoms with Crippen molar-refractivity contribution in [3.05, 3.63) is 114 Å². The first-order valence-corrected chi connectivity index (χ1v) is 10.6. The molecule has 4 aromatic rings. The van der Waals surface area contributed by atoms with Crippen LogP contribution in [0.2, 0.25) is 0 Å². The third-order valence-electron chi connectivity index (χ3n) is 5.48. The molecule has 0 saturated carbocycles. The Bertz CT molecular complexity index is 1370. The molecule has 0 aliphatic rings. The van der Waals surface area contributed by atoms with E-state index in [0.717, 1.165) is 0 Å². The Hall–Kier alpha value is -4.20. The van der Waals surface area contributed by atoms with Crippen molar-refractivity contribution in [2.24, 2.45) is 0 Å². The van der Waals surface area contributed by atoms with Crippen LogP contribution in [-0.4, -0.2) is 0 Å². The van der Waals surface area contributed by atoms with Gasteiger partial charge in [-0.15, -0.1) is 0 Å². The number of para-hydroxylation sites is 2. The molecule has 0 bridgehead atoms. The van der Waals surface area contributed by atoms with E-state index in [2.05, 4.69) is 6.58 Å². The first-order chi connectivity index (χ1) is 16.9. The van der Waals surface area contributed by atoms with Gasteiger partial charge in [0.1, 0.15) is 11.5 Å². The van der Waals surface area contributed by atoms with E-state index in [4.69, 9.17) is 10.5 Å². The number of hydrogen-bond acceptors (Lipinski definition) is 2. The molecule has 0 aromatic heterocycles. The van der Waals surface area contributed by atoms with Gasteiger partial charge in [0.25, 0.3) is 0 Å². The molecule has 0 fully saturated rings. The first-order valence-electron chi connectivity index (χ1n) is 10.6. The molecule has 184 valence electrons. The topological polar surface area (TPSA) is 35.2 Å². The number of rotatable bonds is 5. The smallest absolute Gasteiger partial charge is 0.416 e. The summed E-state index contributed by atoms with van der Waals surface area (Å²) in [5.41, 5.74) is 5.65. The Morgan fingerprint density at radius 3 is 1.72 bits per heavy atom. The summed E-state index contributed by atoms with van der Waals surface area (Å²) in [5.74, 6) is 0.815. The van der Waals surface area contributed by atoms with Crippen LogP contribution in [0.15, 0.2) is 97.6 Å². The van der Waals surface area contributed by atoms with E-state index in [1.807, 2.05) is 0 Å². The predicted octanol–water partition coefficient (Wildman–Crippen LogP) is 8.69. The van der Waals surface area contributed by atoms with Gasteiger partial charge in [-0.2, -0.15) is 26.3 Å². The van der Waals surface area contributed by atoms with Crippen molar-refractivity contribution in [2.45, 2.75) is 12.4 Å². The average Bonchev–Trinajstić information content (AvgIpc) is 2.84. The summed E-state index contributed by atoms with van der Waals surface area (Å²) in [6, 6.07) is 21.8. The second-order valence-electron chi connectivity index (χ2n) is 8.02. The standard InChI is InChI=1S/C28H19F6NO/c1-17(36-26-8-3-2-7-25(26)35)18-9-11-19(12-10-18)20-5-4-6-21(13-20)22-14-23(27(29,30)31)16-24(15-22)28(32,33)34/h2-16H,1,35H2. The lowest BCUT2D eigenvalue weighted by Gasteiger charge is -2.15. The van der Waals surface area contributed by atoms with Crippen molar-refractivity contribution in [1.29, 1.82) is 0 Å². The highest BCUT2D eigenvalue weighted by Crippen LogP contribution is 2.39. The molecule has 8 heteroatoms. The van der Waals surface area contributed by atoms with Gasteiger partial charge in [-0.1, -0.05) is 61.2 Å². The molecule has 0 aliphatic carbocycles. The van der Waals surface area contributed by atoms with Gasteiger partial charge in [-0.25, -0.2) is 0 Å². The van der Waals surface area contributed by atoms with Crippen LogP contribution in [0.1, 0.15) is 16.7 Å². The van der Waals surface area contributed by atoms with Gasteiger partial charge in [-0.3, -0.25) is 0 Å². The average molecular weight is 499 g/mol. The molecular weight excluding hydrogens is 480 g/mol. The highest BCUT2D eigenvalue weighted by atomic mass is 19.4. The minimum absolute atomic E-state index is 0.115. The summed E-state index contributed by atoms with van der Waals surface area (Å²) in [5, 5.41) is 0. The van der Waals surface area contributed by atoms with Crippen molar-refractivity contribution >= 4 is 11.4 Å². The molecule has 0 unspecified atom stereocenters. The predicted molar refractivity (Wildman–Crippen MR) is 128 cm³/mol. The van der Waals surface area contributed by atoms with Crippen LogP contribution in [0, 0.1) is 0 Å².